The van der Waals surface area contributed by atoms with Crippen LogP contribution in [0, 0.1) is 11.2 Å². The summed E-state index contributed by atoms with van der Waals surface area (Å²) in [6.45, 7) is 0.794. The fourth-order valence-electron chi connectivity index (χ4n) is 3.20. The Labute approximate surface area is 149 Å². The van der Waals surface area contributed by atoms with Crippen LogP contribution < -0.4 is 0 Å². The number of carboxylic acid groups (broad SMARTS) is 1. The molecule has 8 heteroatoms. The summed E-state index contributed by atoms with van der Waals surface area (Å²) in [5.41, 5.74) is 0.618. The number of ether oxygens (including phenoxy) is 1. The summed E-state index contributed by atoms with van der Waals surface area (Å²) in [5.74, 6) is -1.47. The van der Waals surface area contributed by atoms with Crippen LogP contribution in [0.1, 0.15) is 23.3 Å². The second-order valence-electron chi connectivity index (χ2n) is 6.48. The van der Waals surface area contributed by atoms with Gasteiger partial charge in [0.2, 0.25) is 0 Å². The van der Waals surface area contributed by atoms with Crippen LogP contribution in [0.5, 0.6) is 0 Å². The lowest BCUT2D eigenvalue weighted by molar-refractivity contribution is -0.155. The highest BCUT2D eigenvalue weighted by molar-refractivity contribution is 5.93. The van der Waals surface area contributed by atoms with Gasteiger partial charge in [0, 0.05) is 25.8 Å². The van der Waals surface area contributed by atoms with Crippen molar-refractivity contribution in [3.63, 3.8) is 0 Å². The number of carbonyl (C=O) groups excluding carboxylic acids is 1. The van der Waals surface area contributed by atoms with Crippen LogP contribution in [0.15, 0.2) is 30.3 Å². The van der Waals surface area contributed by atoms with E-state index < -0.39 is 11.4 Å². The maximum Gasteiger partial charge on any atom is 0.312 e. The number of aliphatic carboxylic acids is 1. The number of halogens is 1. The number of H-pyrrole nitrogens is 1. The van der Waals surface area contributed by atoms with E-state index in [0.717, 1.165) is 0 Å². The molecule has 0 bridgehead atoms. The number of likely N-dealkylation sites (tertiary alicyclic amines) is 1. The number of hydrogen-bond acceptors (Lipinski definition) is 4. The molecule has 2 aromatic rings. The van der Waals surface area contributed by atoms with Gasteiger partial charge < -0.3 is 14.7 Å². The number of hydrogen-bond donors (Lipinski definition) is 2. The maximum absolute atomic E-state index is 13.0. The second-order valence-corrected chi connectivity index (χ2v) is 6.48. The SMILES string of the molecule is COCC1(C(=O)O)CCN(C(=O)c2cc(-c3ccc(F)cc3)n[nH]2)CC1. The first-order valence-corrected chi connectivity index (χ1v) is 8.28. The van der Waals surface area contributed by atoms with Gasteiger partial charge in [-0.3, -0.25) is 14.7 Å². The maximum atomic E-state index is 13.0. The first kappa shape index (κ1) is 18.1. The summed E-state index contributed by atoms with van der Waals surface area (Å²) in [6.07, 6.45) is 0.668. The van der Waals surface area contributed by atoms with Gasteiger partial charge in [0.15, 0.2) is 0 Å². The molecule has 0 aliphatic carbocycles. The number of aromatic nitrogens is 2. The fraction of sp³-hybridized carbons (Fsp3) is 0.389. The average molecular weight is 361 g/mol. The molecule has 1 aromatic heterocycles. The molecule has 2 N–H and O–H groups in total. The summed E-state index contributed by atoms with van der Waals surface area (Å²) in [4.78, 5) is 25.8. The molecule has 7 nitrogen and oxygen atoms in total. The Hall–Kier alpha value is -2.74. The third-order valence-electron chi connectivity index (χ3n) is 4.83. The Morgan fingerprint density at radius 2 is 1.96 bits per heavy atom. The largest absolute Gasteiger partial charge is 0.481 e. The van der Waals surface area contributed by atoms with Crippen molar-refractivity contribution < 1.29 is 23.8 Å². The zero-order valence-electron chi connectivity index (χ0n) is 14.4. The van der Waals surface area contributed by atoms with Gasteiger partial charge in [-0.1, -0.05) is 0 Å². The smallest absolute Gasteiger partial charge is 0.312 e. The zero-order chi connectivity index (χ0) is 18.7. The summed E-state index contributed by atoms with van der Waals surface area (Å²) in [6, 6.07) is 7.46. The van der Waals surface area contributed by atoms with E-state index in [4.69, 9.17) is 4.74 Å². The van der Waals surface area contributed by atoms with Crippen molar-refractivity contribution in [3.8, 4) is 11.3 Å². The van der Waals surface area contributed by atoms with E-state index >= 15 is 0 Å². The van der Waals surface area contributed by atoms with Crippen molar-refractivity contribution in [1.29, 1.82) is 0 Å². The van der Waals surface area contributed by atoms with Crippen molar-refractivity contribution in [2.24, 2.45) is 5.41 Å². The van der Waals surface area contributed by atoms with Crippen molar-refractivity contribution in [2.75, 3.05) is 26.8 Å². The van der Waals surface area contributed by atoms with E-state index in [2.05, 4.69) is 10.2 Å². The minimum atomic E-state index is -0.946. The van der Waals surface area contributed by atoms with E-state index in [0.29, 0.717) is 42.9 Å². The monoisotopic (exact) mass is 361 g/mol. The summed E-state index contributed by atoms with van der Waals surface area (Å²) in [5, 5.41) is 16.3. The van der Waals surface area contributed by atoms with Gasteiger partial charge in [-0.05, 0) is 43.2 Å². The van der Waals surface area contributed by atoms with Crippen molar-refractivity contribution in [3.05, 3.63) is 41.8 Å². The van der Waals surface area contributed by atoms with E-state index in [1.54, 1.807) is 23.1 Å². The highest BCUT2D eigenvalue weighted by Crippen LogP contribution is 2.32. The molecule has 138 valence electrons. The first-order chi connectivity index (χ1) is 12.4. The van der Waals surface area contributed by atoms with Crippen molar-refractivity contribution >= 4 is 11.9 Å². The number of carbonyl (C=O) groups is 2. The molecule has 1 aliphatic rings. The van der Waals surface area contributed by atoms with E-state index in [1.165, 1.54) is 19.2 Å². The zero-order valence-corrected chi connectivity index (χ0v) is 14.4. The predicted octanol–water partition coefficient (Wildman–Crippen LogP) is 2.17. The summed E-state index contributed by atoms with van der Waals surface area (Å²) < 4.78 is 18.1. The molecule has 1 aliphatic heterocycles. The average Bonchev–Trinajstić information content (AvgIpc) is 3.12. The van der Waals surface area contributed by atoms with Crippen molar-refractivity contribution in [1.82, 2.24) is 15.1 Å². The van der Waals surface area contributed by atoms with Gasteiger partial charge in [0.1, 0.15) is 11.5 Å². The molecular weight excluding hydrogens is 341 g/mol. The molecule has 1 aromatic carbocycles. The summed E-state index contributed by atoms with van der Waals surface area (Å²) >= 11 is 0. The predicted molar refractivity (Wildman–Crippen MR) is 91.1 cm³/mol. The molecule has 0 saturated carbocycles. The molecule has 0 spiro atoms. The Kier molecular flexibility index (Phi) is 5.03. The standard InChI is InChI=1S/C18H20FN3O4/c1-26-11-18(17(24)25)6-8-22(9-7-18)16(23)15-10-14(20-21-15)12-2-4-13(19)5-3-12/h2-5,10H,6-9,11H2,1H3,(H,20,21)(H,24,25). The Bertz CT molecular complexity index is 795. The van der Waals surface area contributed by atoms with Crippen LogP contribution in [0.3, 0.4) is 0 Å². The number of amides is 1. The third kappa shape index (κ3) is 3.45. The molecule has 0 unspecified atom stereocenters. The second kappa shape index (κ2) is 7.25. The molecule has 3 rings (SSSR count). The third-order valence-corrected chi connectivity index (χ3v) is 4.83. The molecule has 1 amide bonds. The van der Waals surface area contributed by atoms with E-state index in [-0.39, 0.29) is 18.3 Å². The number of aromatic amines is 1. The van der Waals surface area contributed by atoms with Crippen LogP contribution in [0.25, 0.3) is 11.3 Å². The highest BCUT2D eigenvalue weighted by Gasteiger charge is 2.42. The quantitative estimate of drug-likeness (QED) is 0.851. The van der Waals surface area contributed by atoms with Gasteiger partial charge in [-0.25, -0.2) is 4.39 Å². The topological polar surface area (TPSA) is 95.5 Å². The molecule has 1 fully saturated rings. The normalized spacial score (nSPS) is 16.5. The van der Waals surface area contributed by atoms with Crippen LogP contribution in [-0.4, -0.2) is 58.9 Å². The van der Waals surface area contributed by atoms with Crippen molar-refractivity contribution in [2.45, 2.75) is 12.8 Å². The molecule has 0 atom stereocenters. The molecule has 1 saturated heterocycles. The fourth-order valence-corrected chi connectivity index (χ4v) is 3.20. The van der Waals surface area contributed by atoms with Crippen LogP contribution in [0.4, 0.5) is 4.39 Å². The number of nitrogens with zero attached hydrogens (tertiary/aromatic N) is 2. The van der Waals surface area contributed by atoms with Gasteiger partial charge in [-0.2, -0.15) is 5.10 Å². The minimum absolute atomic E-state index is 0.128. The Morgan fingerprint density at radius 1 is 1.31 bits per heavy atom. The number of nitrogens with one attached hydrogen (secondary N) is 1. The van der Waals surface area contributed by atoms with Gasteiger partial charge >= 0.3 is 5.97 Å². The molecular formula is C18H20FN3O4. The van der Waals surface area contributed by atoms with Crippen LogP contribution in [-0.2, 0) is 9.53 Å². The van der Waals surface area contributed by atoms with E-state index in [1.807, 2.05) is 0 Å². The molecule has 2 heterocycles. The molecule has 0 radical (unpaired) electrons. The van der Waals surface area contributed by atoms with Gasteiger partial charge in [0.25, 0.3) is 5.91 Å². The lowest BCUT2D eigenvalue weighted by atomic mass is 9.79. The number of piperidine rings is 1. The lowest BCUT2D eigenvalue weighted by Crippen LogP contribution is -2.48. The Balaban J connectivity index is 1.69. The molecule has 26 heavy (non-hydrogen) atoms. The van der Waals surface area contributed by atoms with Gasteiger partial charge in [0.05, 0.1) is 17.7 Å². The Morgan fingerprint density at radius 3 is 2.54 bits per heavy atom. The van der Waals surface area contributed by atoms with Gasteiger partial charge in [-0.15, -0.1) is 0 Å². The number of benzene rings is 1. The number of methoxy groups -OCH3 is 1. The number of carboxylic acids is 1. The van der Waals surface area contributed by atoms with Crippen LogP contribution in [0.2, 0.25) is 0 Å². The van der Waals surface area contributed by atoms with E-state index in [9.17, 15) is 19.1 Å². The highest BCUT2D eigenvalue weighted by atomic mass is 19.1. The minimum Gasteiger partial charge on any atom is -0.481 e. The summed E-state index contributed by atoms with van der Waals surface area (Å²) in [7, 11) is 1.48. The number of rotatable bonds is 5. The first-order valence-electron chi connectivity index (χ1n) is 8.28. The van der Waals surface area contributed by atoms with Crippen LogP contribution >= 0.6 is 0 Å². The lowest BCUT2D eigenvalue weighted by Gasteiger charge is -2.38.